The first-order chi connectivity index (χ1) is 9.13. The van der Waals surface area contributed by atoms with Crippen molar-refractivity contribution in [2.24, 2.45) is 0 Å². The Morgan fingerprint density at radius 2 is 2.11 bits per heavy atom. The molecule has 3 rings (SSSR count). The van der Waals surface area contributed by atoms with Gasteiger partial charge < -0.3 is 4.90 Å². The Hall–Kier alpha value is -2.02. The Bertz CT molecular complexity index is 716. The minimum Gasteiger partial charge on any atom is -0.353 e. The van der Waals surface area contributed by atoms with E-state index in [1.165, 1.54) is 4.88 Å². The highest BCUT2D eigenvalue weighted by Crippen LogP contribution is 2.18. The minimum atomic E-state index is 0.727. The van der Waals surface area contributed by atoms with Crippen LogP contribution in [0.25, 0.3) is 5.65 Å². The maximum atomic E-state index is 4.46. The summed E-state index contributed by atoms with van der Waals surface area (Å²) in [5, 5.41) is 8.69. The van der Waals surface area contributed by atoms with Crippen molar-refractivity contribution in [1.29, 1.82) is 0 Å². The molecule has 0 unspecified atom stereocenters. The zero-order valence-corrected chi connectivity index (χ0v) is 11.8. The molecule has 0 aliphatic heterocycles. The highest BCUT2D eigenvalue weighted by molar-refractivity contribution is 7.09. The van der Waals surface area contributed by atoms with E-state index in [0.29, 0.717) is 0 Å². The maximum absolute atomic E-state index is 4.46. The van der Waals surface area contributed by atoms with Gasteiger partial charge in [0.25, 0.3) is 0 Å². The molecule has 0 bridgehead atoms. The molecule has 0 aromatic carbocycles. The number of aromatic nitrogens is 5. The topological polar surface area (TPSA) is 59.2 Å². The van der Waals surface area contributed by atoms with Crippen LogP contribution < -0.4 is 4.90 Å². The fourth-order valence-corrected chi connectivity index (χ4v) is 2.69. The smallest absolute Gasteiger partial charge is 0.176 e. The summed E-state index contributed by atoms with van der Waals surface area (Å²) in [6, 6.07) is 3.89. The van der Waals surface area contributed by atoms with Crippen LogP contribution in [-0.4, -0.2) is 31.8 Å². The fourth-order valence-electron chi connectivity index (χ4n) is 1.86. The molecule has 3 aromatic rings. The largest absolute Gasteiger partial charge is 0.353 e. The lowest BCUT2D eigenvalue weighted by molar-refractivity contribution is 0.763. The van der Waals surface area contributed by atoms with E-state index < -0.39 is 0 Å². The lowest BCUT2D eigenvalue weighted by Crippen LogP contribution is -2.18. The van der Waals surface area contributed by atoms with Crippen LogP contribution in [0.15, 0.2) is 17.6 Å². The Morgan fingerprint density at radius 3 is 2.84 bits per heavy atom. The first-order valence-electron chi connectivity index (χ1n) is 5.94. The van der Waals surface area contributed by atoms with E-state index in [-0.39, 0.29) is 0 Å². The molecule has 3 heterocycles. The van der Waals surface area contributed by atoms with Crippen LogP contribution in [0.1, 0.15) is 16.4 Å². The molecule has 0 aliphatic carbocycles. The molecule has 0 radical (unpaired) electrons. The van der Waals surface area contributed by atoms with Crippen molar-refractivity contribution in [2.45, 2.75) is 20.4 Å². The van der Waals surface area contributed by atoms with Crippen molar-refractivity contribution in [3.05, 3.63) is 34.0 Å². The first kappa shape index (κ1) is 12.0. The lowest BCUT2D eigenvalue weighted by atomic mass is 10.3. The van der Waals surface area contributed by atoms with Gasteiger partial charge in [0.1, 0.15) is 5.82 Å². The van der Waals surface area contributed by atoms with Crippen LogP contribution in [0.5, 0.6) is 0 Å². The van der Waals surface area contributed by atoms with Gasteiger partial charge in [-0.1, -0.05) is 0 Å². The second kappa shape index (κ2) is 4.58. The van der Waals surface area contributed by atoms with Crippen LogP contribution in [-0.2, 0) is 6.54 Å². The molecule has 0 amide bonds. The number of rotatable bonds is 3. The van der Waals surface area contributed by atoms with Gasteiger partial charge in [-0.25, -0.2) is 9.97 Å². The summed E-state index contributed by atoms with van der Waals surface area (Å²) >= 11 is 1.66. The van der Waals surface area contributed by atoms with E-state index in [1.807, 2.05) is 38.5 Å². The molecular formula is C12H14N6S. The van der Waals surface area contributed by atoms with Gasteiger partial charge in [0, 0.05) is 11.9 Å². The van der Waals surface area contributed by atoms with E-state index in [1.54, 1.807) is 16.0 Å². The third kappa shape index (κ3) is 2.28. The molecule has 0 atom stereocenters. The Balaban J connectivity index is 1.88. The van der Waals surface area contributed by atoms with E-state index in [2.05, 4.69) is 25.1 Å². The van der Waals surface area contributed by atoms with Crippen LogP contribution in [0, 0.1) is 13.8 Å². The summed E-state index contributed by atoms with van der Waals surface area (Å²) in [6.07, 6.45) is 0. The summed E-state index contributed by atoms with van der Waals surface area (Å²) in [7, 11) is 2.01. The number of hydrogen-bond donors (Lipinski definition) is 0. The van der Waals surface area contributed by atoms with Crippen molar-refractivity contribution in [2.75, 3.05) is 11.9 Å². The zero-order chi connectivity index (χ0) is 13.4. The molecule has 19 heavy (non-hydrogen) atoms. The number of nitrogens with zero attached hydrogens (tertiary/aromatic N) is 6. The summed E-state index contributed by atoms with van der Waals surface area (Å²) in [5.41, 5.74) is 3.72. The summed E-state index contributed by atoms with van der Waals surface area (Å²) < 4.78 is 1.57. The van der Waals surface area contributed by atoms with Gasteiger partial charge in [0.2, 0.25) is 0 Å². The third-order valence-corrected chi connectivity index (χ3v) is 3.84. The fraction of sp³-hybridized carbons (Fsp3) is 0.333. The summed E-state index contributed by atoms with van der Waals surface area (Å²) in [4.78, 5) is 11.9. The van der Waals surface area contributed by atoms with Crippen LogP contribution >= 0.6 is 11.3 Å². The van der Waals surface area contributed by atoms with Crippen molar-refractivity contribution < 1.29 is 0 Å². The predicted molar refractivity (Wildman–Crippen MR) is 74.5 cm³/mol. The Labute approximate surface area is 114 Å². The molecule has 0 saturated carbocycles. The van der Waals surface area contributed by atoms with Crippen molar-refractivity contribution in [3.63, 3.8) is 0 Å². The third-order valence-electron chi connectivity index (χ3n) is 2.92. The SMILES string of the molecule is Cc1nc2ccc(N(C)Cc3scnc3C)nn2n1. The minimum absolute atomic E-state index is 0.727. The molecule has 3 aromatic heterocycles. The number of hydrogen-bond acceptors (Lipinski definition) is 6. The molecule has 0 fully saturated rings. The standard InChI is InChI=1S/C12H14N6S/c1-8-10(19-7-13-8)6-17(3)12-5-4-11-14-9(2)15-18(11)16-12/h4-5,7H,6H2,1-3H3. The molecule has 6 nitrogen and oxygen atoms in total. The number of anilines is 1. The zero-order valence-electron chi connectivity index (χ0n) is 11.0. The molecule has 0 saturated heterocycles. The number of fused-ring (bicyclic) bond motifs is 1. The highest BCUT2D eigenvalue weighted by atomic mass is 32.1. The average molecular weight is 274 g/mol. The Kier molecular flexibility index (Phi) is 2.90. The van der Waals surface area contributed by atoms with Gasteiger partial charge in [-0.2, -0.15) is 0 Å². The molecule has 98 valence electrons. The Morgan fingerprint density at radius 1 is 1.26 bits per heavy atom. The van der Waals surface area contributed by atoms with Crippen LogP contribution in [0.4, 0.5) is 5.82 Å². The van der Waals surface area contributed by atoms with Gasteiger partial charge in [-0.05, 0) is 26.0 Å². The van der Waals surface area contributed by atoms with Gasteiger partial charge in [-0.15, -0.1) is 26.2 Å². The van der Waals surface area contributed by atoms with Gasteiger partial charge in [-0.3, -0.25) is 0 Å². The van der Waals surface area contributed by atoms with Crippen molar-refractivity contribution in [1.82, 2.24) is 24.8 Å². The molecule has 0 N–H and O–H groups in total. The molecule has 0 spiro atoms. The van der Waals surface area contributed by atoms with E-state index >= 15 is 0 Å². The second-order valence-electron chi connectivity index (χ2n) is 4.42. The van der Waals surface area contributed by atoms with E-state index in [9.17, 15) is 0 Å². The number of thiazole rings is 1. The van der Waals surface area contributed by atoms with E-state index in [4.69, 9.17) is 0 Å². The molecule has 0 aliphatic rings. The normalized spacial score (nSPS) is 11.1. The summed E-state index contributed by atoms with van der Waals surface area (Å²) in [5.74, 6) is 1.59. The van der Waals surface area contributed by atoms with Gasteiger partial charge in [0.15, 0.2) is 11.5 Å². The monoisotopic (exact) mass is 274 g/mol. The molecule has 7 heteroatoms. The van der Waals surface area contributed by atoms with E-state index in [0.717, 1.165) is 29.5 Å². The van der Waals surface area contributed by atoms with Gasteiger partial charge >= 0.3 is 0 Å². The highest BCUT2D eigenvalue weighted by Gasteiger charge is 2.09. The quantitative estimate of drug-likeness (QED) is 0.729. The summed E-state index contributed by atoms with van der Waals surface area (Å²) in [6.45, 7) is 4.68. The van der Waals surface area contributed by atoms with Crippen LogP contribution in [0.3, 0.4) is 0 Å². The van der Waals surface area contributed by atoms with Crippen molar-refractivity contribution >= 4 is 22.8 Å². The maximum Gasteiger partial charge on any atom is 0.176 e. The van der Waals surface area contributed by atoms with Crippen LogP contribution in [0.2, 0.25) is 0 Å². The molecular weight excluding hydrogens is 260 g/mol. The predicted octanol–water partition coefficient (Wildman–Crippen LogP) is 1.83. The second-order valence-corrected chi connectivity index (χ2v) is 5.35. The average Bonchev–Trinajstić information content (AvgIpc) is 2.93. The first-order valence-corrected chi connectivity index (χ1v) is 6.82. The number of aryl methyl sites for hydroxylation is 2. The van der Waals surface area contributed by atoms with Gasteiger partial charge in [0.05, 0.1) is 17.7 Å². The van der Waals surface area contributed by atoms with Crippen molar-refractivity contribution in [3.8, 4) is 0 Å². The lowest BCUT2D eigenvalue weighted by Gasteiger charge is -2.16.